The van der Waals surface area contributed by atoms with Crippen LogP contribution in [-0.4, -0.2) is 38.0 Å². The van der Waals surface area contributed by atoms with E-state index in [1.807, 2.05) is 26.0 Å². The highest BCUT2D eigenvalue weighted by atomic mass is 19.1. The number of hydrogen-bond donors (Lipinski definition) is 1. The molecule has 8 heteroatoms. The van der Waals surface area contributed by atoms with Crippen LogP contribution in [0, 0.1) is 19.7 Å². The first kappa shape index (κ1) is 24.4. The molecule has 7 nitrogen and oxygen atoms in total. The molecular weight excluding hydrogens is 441 g/mol. The van der Waals surface area contributed by atoms with Crippen LogP contribution in [0.25, 0.3) is 0 Å². The van der Waals surface area contributed by atoms with E-state index >= 15 is 0 Å². The van der Waals surface area contributed by atoms with Crippen molar-refractivity contribution < 1.29 is 33.0 Å². The SMILES string of the molecule is COc1cc(C(=O)OCC(=O)c2cc(C)ccc2C)ccc1OCC(=O)Nc1ccc(F)cc1. The fourth-order valence-electron chi connectivity index (χ4n) is 3.12. The third-order valence-electron chi connectivity index (χ3n) is 4.91. The molecule has 0 heterocycles. The van der Waals surface area contributed by atoms with Crippen LogP contribution in [0.4, 0.5) is 10.1 Å². The Hall–Kier alpha value is -4.20. The Morgan fingerprint density at radius 2 is 1.62 bits per heavy atom. The van der Waals surface area contributed by atoms with E-state index in [4.69, 9.17) is 14.2 Å². The number of esters is 1. The summed E-state index contributed by atoms with van der Waals surface area (Å²) in [7, 11) is 1.39. The van der Waals surface area contributed by atoms with Crippen molar-refractivity contribution in [2.75, 3.05) is 25.6 Å². The van der Waals surface area contributed by atoms with E-state index in [1.165, 1.54) is 49.6 Å². The van der Waals surface area contributed by atoms with Crippen molar-refractivity contribution in [1.29, 1.82) is 0 Å². The molecule has 34 heavy (non-hydrogen) atoms. The highest BCUT2D eigenvalue weighted by Crippen LogP contribution is 2.28. The van der Waals surface area contributed by atoms with Crippen LogP contribution in [0.1, 0.15) is 31.8 Å². The predicted molar refractivity (Wildman–Crippen MR) is 124 cm³/mol. The van der Waals surface area contributed by atoms with E-state index in [9.17, 15) is 18.8 Å². The van der Waals surface area contributed by atoms with Crippen molar-refractivity contribution in [1.82, 2.24) is 0 Å². The molecule has 0 saturated carbocycles. The summed E-state index contributed by atoms with van der Waals surface area (Å²) in [5.41, 5.74) is 2.84. The second-order valence-corrected chi connectivity index (χ2v) is 7.53. The van der Waals surface area contributed by atoms with Crippen molar-refractivity contribution in [3.8, 4) is 11.5 Å². The Morgan fingerprint density at radius 3 is 2.32 bits per heavy atom. The minimum absolute atomic E-state index is 0.161. The summed E-state index contributed by atoms with van der Waals surface area (Å²) >= 11 is 0. The largest absolute Gasteiger partial charge is 0.493 e. The van der Waals surface area contributed by atoms with Crippen LogP contribution in [0.2, 0.25) is 0 Å². The molecule has 0 bridgehead atoms. The van der Waals surface area contributed by atoms with Gasteiger partial charge >= 0.3 is 5.97 Å². The summed E-state index contributed by atoms with van der Waals surface area (Å²) in [6.07, 6.45) is 0. The fourth-order valence-corrected chi connectivity index (χ4v) is 3.12. The van der Waals surface area contributed by atoms with Gasteiger partial charge in [-0.3, -0.25) is 9.59 Å². The lowest BCUT2D eigenvalue weighted by atomic mass is 10.0. The summed E-state index contributed by atoms with van der Waals surface area (Å²) in [5, 5.41) is 2.58. The summed E-state index contributed by atoms with van der Waals surface area (Å²) in [5.74, 6) is -1.41. The first-order valence-corrected chi connectivity index (χ1v) is 10.4. The normalized spacial score (nSPS) is 10.4. The van der Waals surface area contributed by atoms with Crippen LogP contribution in [-0.2, 0) is 9.53 Å². The number of anilines is 1. The van der Waals surface area contributed by atoms with Gasteiger partial charge in [0.05, 0.1) is 12.7 Å². The molecule has 3 aromatic carbocycles. The molecule has 0 aliphatic heterocycles. The number of hydrogen-bond acceptors (Lipinski definition) is 6. The smallest absolute Gasteiger partial charge is 0.338 e. The zero-order chi connectivity index (χ0) is 24.7. The number of halogens is 1. The van der Waals surface area contributed by atoms with Gasteiger partial charge < -0.3 is 19.5 Å². The zero-order valence-electron chi connectivity index (χ0n) is 19.0. The third kappa shape index (κ3) is 6.41. The topological polar surface area (TPSA) is 90.9 Å². The maximum Gasteiger partial charge on any atom is 0.338 e. The van der Waals surface area contributed by atoms with E-state index in [0.29, 0.717) is 11.3 Å². The van der Waals surface area contributed by atoms with Gasteiger partial charge in [-0.15, -0.1) is 0 Å². The Kier molecular flexibility index (Phi) is 7.97. The molecule has 0 spiro atoms. The molecule has 0 aromatic heterocycles. The number of ketones is 1. The van der Waals surface area contributed by atoms with E-state index in [-0.39, 0.29) is 29.5 Å². The van der Waals surface area contributed by atoms with Gasteiger partial charge in [0.25, 0.3) is 5.91 Å². The molecule has 0 atom stereocenters. The maximum atomic E-state index is 13.0. The van der Waals surface area contributed by atoms with Crippen LogP contribution in [0.15, 0.2) is 60.7 Å². The molecule has 3 aromatic rings. The van der Waals surface area contributed by atoms with Gasteiger partial charge in [-0.05, 0) is 67.9 Å². The first-order chi connectivity index (χ1) is 16.3. The lowest BCUT2D eigenvalue weighted by Crippen LogP contribution is -2.20. The van der Waals surface area contributed by atoms with Crippen molar-refractivity contribution in [2.24, 2.45) is 0 Å². The Bertz CT molecular complexity index is 1210. The minimum Gasteiger partial charge on any atom is -0.493 e. The fraction of sp³-hybridized carbons (Fsp3) is 0.192. The number of nitrogens with one attached hydrogen (secondary N) is 1. The molecular formula is C26H24FNO6. The predicted octanol–water partition coefficient (Wildman–Crippen LogP) is 4.51. The monoisotopic (exact) mass is 465 g/mol. The molecule has 1 amide bonds. The van der Waals surface area contributed by atoms with E-state index in [0.717, 1.165) is 11.1 Å². The quantitative estimate of drug-likeness (QED) is 0.369. The number of aryl methyl sites for hydroxylation is 2. The average molecular weight is 465 g/mol. The number of rotatable bonds is 9. The van der Waals surface area contributed by atoms with Gasteiger partial charge in [0, 0.05) is 11.3 Å². The molecule has 0 unspecified atom stereocenters. The van der Waals surface area contributed by atoms with E-state index < -0.39 is 24.3 Å². The van der Waals surface area contributed by atoms with Crippen molar-refractivity contribution in [2.45, 2.75) is 13.8 Å². The third-order valence-corrected chi connectivity index (χ3v) is 4.91. The molecule has 0 aliphatic carbocycles. The van der Waals surface area contributed by atoms with Crippen LogP contribution < -0.4 is 14.8 Å². The highest BCUT2D eigenvalue weighted by molar-refractivity contribution is 6.00. The first-order valence-electron chi connectivity index (χ1n) is 10.4. The standard InChI is InChI=1S/C26H24FNO6/c1-16-4-5-17(2)21(12-16)22(29)14-34-26(31)18-6-11-23(24(13-18)32-3)33-15-25(30)28-20-9-7-19(27)8-10-20/h4-13H,14-15H2,1-3H3,(H,28,30). The lowest BCUT2D eigenvalue weighted by molar-refractivity contribution is -0.118. The van der Waals surface area contributed by atoms with Gasteiger partial charge in [-0.2, -0.15) is 0 Å². The number of amides is 1. The Morgan fingerprint density at radius 1 is 0.882 bits per heavy atom. The van der Waals surface area contributed by atoms with Crippen LogP contribution in [0.5, 0.6) is 11.5 Å². The van der Waals surface area contributed by atoms with Gasteiger partial charge in [0.2, 0.25) is 5.78 Å². The second-order valence-electron chi connectivity index (χ2n) is 7.53. The summed E-state index contributed by atoms with van der Waals surface area (Å²) in [6.45, 7) is 2.97. The summed E-state index contributed by atoms with van der Waals surface area (Å²) < 4.78 is 28.9. The molecule has 0 saturated heterocycles. The molecule has 0 radical (unpaired) electrons. The molecule has 3 rings (SSSR count). The van der Waals surface area contributed by atoms with Crippen molar-refractivity contribution >= 4 is 23.3 Å². The molecule has 0 aliphatic rings. The summed E-state index contributed by atoms with van der Waals surface area (Å²) in [4.78, 5) is 37.0. The molecule has 0 fully saturated rings. The number of carbonyl (C=O) groups excluding carboxylic acids is 3. The summed E-state index contributed by atoms with van der Waals surface area (Å²) in [6, 6.07) is 15.1. The van der Waals surface area contributed by atoms with Gasteiger partial charge in [-0.25, -0.2) is 9.18 Å². The number of Topliss-reactive ketones (excluding diaryl/α,β-unsaturated/α-hetero) is 1. The number of carbonyl (C=O) groups is 3. The number of ether oxygens (including phenoxy) is 3. The molecule has 176 valence electrons. The Balaban J connectivity index is 1.58. The van der Waals surface area contributed by atoms with Crippen LogP contribution in [0.3, 0.4) is 0 Å². The lowest BCUT2D eigenvalue weighted by Gasteiger charge is -2.12. The van der Waals surface area contributed by atoms with Gasteiger partial charge in [0.1, 0.15) is 5.82 Å². The minimum atomic E-state index is -0.697. The maximum absolute atomic E-state index is 13.0. The second kappa shape index (κ2) is 11.1. The van der Waals surface area contributed by atoms with E-state index in [1.54, 1.807) is 6.07 Å². The van der Waals surface area contributed by atoms with E-state index in [2.05, 4.69) is 5.32 Å². The number of benzene rings is 3. The van der Waals surface area contributed by atoms with Crippen molar-refractivity contribution in [3.63, 3.8) is 0 Å². The molecule has 1 N–H and O–H groups in total. The Labute approximate surface area is 196 Å². The van der Waals surface area contributed by atoms with Crippen molar-refractivity contribution in [3.05, 3.63) is 88.7 Å². The van der Waals surface area contributed by atoms with Gasteiger partial charge in [-0.1, -0.05) is 17.7 Å². The number of methoxy groups -OCH3 is 1. The average Bonchev–Trinajstić information content (AvgIpc) is 2.83. The van der Waals surface area contributed by atoms with Crippen LogP contribution >= 0.6 is 0 Å². The zero-order valence-corrected chi connectivity index (χ0v) is 19.0. The van der Waals surface area contributed by atoms with Gasteiger partial charge in [0.15, 0.2) is 24.7 Å². The highest BCUT2D eigenvalue weighted by Gasteiger charge is 2.16.